The molecule has 0 spiro atoms. The summed E-state index contributed by atoms with van der Waals surface area (Å²) in [5.41, 5.74) is 0. The predicted molar refractivity (Wildman–Crippen MR) is 215 cm³/mol. The highest BCUT2D eigenvalue weighted by atomic mass is 16.6. The van der Waals surface area contributed by atoms with E-state index < -0.39 is 6.10 Å². The summed E-state index contributed by atoms with van der Waals surface area (Å²) >= 11 is 0. The summed E-state index contributed by atoms with van der Waals surface area (Å²) in [6, 6.07) is 0. The molecule has 0 aliphatic carbocycles. The Labute approximate surface area is 317 Å². The Kier molecular flexibility index (Phi) is 39.9. The number of ether oxygens (including phenoxy) is 3. The summed E-state index contributed by atoms with van der Waals surface area (Å²) in [7, 11) is 0. The van der Waals surface area contributed by atoms with Gasteiger partial charge in [0, 0.05) is 19.3 Å². The number of carbonyl (C=O) groups is 3. The average molecular weight is 723 g/mol. The van der Waals surface area contributed by atoms with Crippen LogP contribution in [-0.2, 0) is 28.6 Å². The summed E-state index contributed by atoms with van der Waals surface area (Å²) in [5, 5.41) is 0. The van der Waals surface area contributed by atoms with E-state index in [9.17, 15) is 14.4 Å². The fraction of sp³-hybridized carbons (Fsp3) is 0.933. The molecule has 0 aromatic rings. The molecular weight excluding hydrogens is 636 g/mol. The predicted octanol–water partition coefficient (Wildman–Crippen LogP) is 14.1. The third-order valence-electron chi connectivity index (χ3n) is 10.1. The molecule has 0 radical (unpaired) electrons. The third kappa shape index (κ3) is 39.5. The van der Waals surface area contributed by atoms with E-state index in [1.54, 1.807) is 0 Å². The smallest absolute Gasteiger partial charge is 0.306 e. The van der Waals surface area contributed by atoms with Gasteiger partial charge in [0.25, 0.3) is 0 Å². The molecule has 0 aliphatic heterocycles. The average Bonchev–Trinajstić information content (AvgIpc) is 3.13. The molecule has 0 saturated carbocycles. The van der Waals surface area contributed by atoms with Crippen molar-refractivity contribution in [2.24, 2.45) is 0 Å². The first-order chi connectivity index (χ1) is 25.0. The second-order valence-electron chi connectivity index (χ2n) is 15.3. The van der Waals surface area contributed by atoms with Crippen molar-refractivity contribution >= 4 is 17.9 Å². The van der Waals surface area contributed by atoms with Crippen LogP contribution in [0.1, 0.15) is 252 Å². The lowest BCUT2D eigenvalue weighted by atomic mass is 10.0. The maximum absolute atomic E-state index is 12.7. The third-order valence-corrected chi connectivity index (χ3v) is 10.1. The Bertz CT molecular complexity index is 753. The molecule has 0 aliphatic rings. The molecule has 0 heterocycles. The number of hydrogen-bond donors (Lipinski definition) is 0. The van der Waals surface area contributed by atoms with Gasteiger partial charge in [-0.15, -0.1) is 0 Å². The molecule has 0 rings (SSSR count). The lowest BCUT2D eigenvalue weighted by Crippen LogP contribution is -2.30. The molecule has 6 heteroatoms. The van der Waals surface area contributed by atoms with Gasteiger partial charge in [-0.2, -0.15) is 0 Å². The minimum atomic E-state index is -0.756. The van der Waals surface area contributed by atoms with Crippen molar-refractivity contribution in [2.75, 3.05) is 13.2 Å². The Morgan fingerprint density at radius 1 is 0.314 bits per heavy atom. The molecular formula is C45H86O6. The zero-order valence-electron chi connectivity index (χ0n) is 34.4. The van der Waals surface area contributed by atoms with E-state index in [0.29, 0.717) is 19.3 Å². The van der Waals surface area contributed by atoms with E-state index in [0.717, 1.165) is 57.8 Å². The van der Waals surface area contributed by atoms with Crippen LogP contribution in [0.5, 0.6) is 0 Å². The Morgan fingerprint density at radius 3 is 0.784 bits per heavy atom. The van der Waals surface area contributed by atoms with E-state index in [4.69, 9.17) is 14.2 Å². The second-order valence-corrected chi connectivity index (χ2v) is 15.3. The first-order valence-electron chi connectivity index (χ1n) is 22.5. The molecule has 0 N–H and O–H groups in total. The van der Waals surface area contributed by atoms with Gasteiger partial charge in [0.1, 0.15) is 13.2 Å². The number of carbonyl (C=O) groups excluding carboxylic acids is 3. The van der Waals surface area contributed by atoms with Crippen molar-refractivity contribution < 1.29 is 28.6 Å². The van der Waals surface area contributed by atoms with Gasteiger partial charge in [0.15, 0.2) is 6.10 Å². The number of hydrogen-bond acceptors (Lipinski definition) is 6. The highest BCUT2D eigenvalue weighted by Crippen LogP contribution is 2.16. The maximum Gasteiger partial charge on any atom is 0.306 e. The molecule has 6 nitrogen and oxygen atoms in total. The molecule has 302 valence electrons. The minimum Gasteiger partial charge on any atom is -0.462 e. The van der Waals surface area contributed by atoms with Crippen LogP contribution >= 0.6 is 0 Å². The second kappa shape index (κ2) is 41.2. The van der Waals surface area contributed by atoms with Crippen molar-refractivity contribution in [3.63, 3.8) is 0 Å². The van der Waals surface area contributed by atoms with Crippen LogP contribution in [0.15, 0.2) is 0 Å². The van der Waals surface area contributed by atoms with Crippen LogP contribution in [0.2, 0.25) is 0 Å². The molecule has 1 unspecified atom stereocenters. The van der Waals surface area contributed by atoms with Crippen LogP contribution < -0.4 is 0 Å². The number of esters is 3. The van der Waals surface area contributed by atoms with Gasteiger partial charge < -0.3 is 14.2 Å². The first kappa shape index (κ1) is 49.4. The van der Waals surface area contributed by atoms with Crippen molar-refractivity contribution in [2.45, 2.75) is 258 Å². The monoisotopic (exact) mass is 723 g/mol. The van der Waals surface area contributed by atoms with E-state index in [2.05, 4.69) is 20.8 Å². The lowest BCUT2D eigenvalue weighted by molar-refractivity contribution is -0.167. The largest absolute Gasteiger partial charge is 0.462 e. The lowest BCUT2D eigenvalue weighted by Gasteiger charge is -2.18. The van der Waals surface area contributed by atoms with Gasteiger partial charge in [0.05, 0.1) is 0 Å². The SMILES string of the molecule is CCCCCCCCCCCCCCCCC(=O)OCC(COC(=O)CCCCCCCC)OC(=O)CCCCCCCCCCCCCCC. The normalized spacial score (nSPS) is 11.8. The van der Waals surface area contributed by atoms with E-state index >= 15 is 0 Å². The highest BCUT2D eigenvalue weighted by molar-refractivity contribution is 5.71. The Hall–Kier alpha value is -1.59. The van der Waals surface area contributed by atoms with Crippen molar-refractivity contribution in [3.8, 4) is 0 Å². The number of unbranched alkanes of at least 4 members (excludes halogenated alkanes) is 30. The minimum absolute atomic E-state index is 0.0634. The quantitative estimate of drug-likeness (QED) is 0.0355. The van der Waals surface area contributed by atoms with Gasteiger partial charge in [0.2, 0.25) is 0 Å². The Balaban J connectivity index is 4.22. The van der Waals surface area contributed by atoms with Gasteiger partial charge in [-0.05, 0) is 19.3 Å². The fourth-order valence-electron chi connectivity index (χ4n) is 6.68. The van der Waals surface area contributed by atoms with E-state index in [1.165, 1.54) is 154 Å². The summed E-state index contributed by atoms with van der Waals surface area (Å²) in [6.45, 7) is 6.59. The van der Waals surface area contributed by atoms with Gasteiger partial charge in [-0.25, -0.2) is 0 Å². The molecule has 0 saturated heterocycles. The molecule has 51 heavy (non-hydrogen) atoms. The fourth-order valence-corrected chi connectivity index (χ4v) is 6.68. The summed E-state index contributed by atoms with van der Waals surface area (Å²) < 4.78 is 16.6. The van der Waals surface area contributed by atoms with E-state index in [1.807, 2.05) is 0 Å². The summed E-state index contributed by atoms with van der Waals surface area (Å²) in [4.78, 5) is 37.5. The van der Waals surface area contributed by atoms with Crippen LogP contribution in [0.3, 0.4) is 0 Å². The molecule has 0 fully saturated rings. The maximum atomic E-state index is 12.7. The van der Waals surface area contributed by atoms with Crippen molar-refractivity contribution in [1.29, 1.82) is 0 Å². The van der Waals surface area contributed by atoms with Crippen LogP contribution in [-0.4, -0.2) is 37.2 Å². The first-order valence-corrected chi connectivity index (χ1v) is 22.5. The summed E-state index contributed by atoms with van der Waals surface area (Å²) in [5.74, 6) is -0.861. The number of rotatable bonds is 41. The highest BCUT2D eigenvalue weighted by Gasteiger charge is 2.19. The van der Waals surface area contributed by atoms with Gasteiger partial charge in [-0.1, -0.05) is 213 Å². The summed E-state index contributed by atoms with van der Waals surface area (Å²) in [6.07, 6.45) is 41.0. The van der Waals surface area contributed by atoms with E-state index in [-0.39, 0.29) is 31.1 Å². The van der Waals surface area contributed by atoms with Crippen LogP contribution in [0.4, 0.5) is 0 Å². The zero-order valence-corrected chi connectivity index (χ0v) is 34.4. The van der Waals surface area contributed by atoms with Crippen molar-refractivity contribution in [3.05, 3.63) is 0 Å². The molecule has 0 aromatic carbocycles. The zero-order chi connectivity index (χ0) is 37.3. The molecule has 1 atom stereocenters. The van der Waals surface area contributed by atoms with Gasteiger partial charge in [-0.3, -0.25) is 14.4 Å². The van der Waals surface area contributed by atoms with Crippen LogP contribution in [0.25, 0.3) is 0 Å². The molecule has 0 aromatic heterocycles. The van der Waals surface area contributed by atoms with Crippen molar-refractivity contribution in [1.82, 2.24) is 0 Å². The molecule has 0 bridgehead atoms. The Morgan fingerprint density at radius 2 is 0.529 bits per heavy atom. The molecule has 0 amide bonds. The topological polar surface area (TPSA) is 78.9 Å². The standard InChI is InChI=1S/C45H86O6/c1-4-7-10-13-16-18-20-22-24-25-27-29-32-35-38-44(47)50-41-42(40-49-43(46)37-34-31-15-12-9-6-3)51-45(48)39-36-33-30-28-26-23-21-19-17-14-11-8-5-2/h42H,4-41H2,1-3H3. The van der Waals surface area contributed by atoms with Crippen LogP contribution in [0, 0.1) is 0 Å². The van der Waals surface area contributed by atoms with Gasteiger partial charge >= 0.3 is 17.9 Å².